The number of nitrogens with two attached hydrogens (primary N) is 1. The lowest BCUT2D eigenvalue weighted by molar-refractivity contribution is 0.157. The second-order valence-electron chi connectivity index (χ2n) is 2.15. The summed E-state index contributed by atoms with van der Waals surface area (Å²) < 4.78 is 5.25. The van der Waals surface area contributed by atoms with Crippen molar-refractivity contribution in [2.75, 3.05) is 13.7 Å². The maximum atomic E-state index is 5.50. The lowest BCUT2D eigenvalue weighted by Gasteiger charge is -2.05. The Bertz CT molecular complexity index is 116. The van der Waals surface area contributed by atoms with Crippen molar-refractivity contribution in [1.82, 2.24) is 0 Å². The van der Waals surface area contributed by atoms with Gasteiger partial charge in [-0.05, 0) is 12.8 Å². The summed E-state index contributed by atoms with van der Waals surface area (Å²) in [7, 11) is 1.69. The quantitative estimate of drug-likeness (QED) is 0.403. The van der Waals surface area contributed by atoms with Crippen LogP contribution in [0.5, 0.6) is 0 Å². The smallest absolute Gasteiger partial charge is 0.123 e. The number of ether oxygens (including phenoxy) is 1. The van der Waals surface area contributed by atoms with Gasteiger partial charge in [-0.15, -0.1) is 0 Å². The molecule has 52 valence electrons. The van der Waals surface area contributed by atoms with E-state index in [0.717, 1.165) is 19.4 Å². The van der Waals surface area contributed by atoms with E-state index in [4.69, 9.17) is 10.5 Å². The number of amidine groups is 1. The molecule has 2 N–H and O–H groups in total. The zero-order chi connectivity index (χ0) is 6.69. The molecule has 1 aliphatic heterocycles. The van der Waals surface area contributed by atoms with Gasteiger partial charge in [0, 0.05) is 13.7 Å². The Morgan fingerprint density at radius 3 is 3.00 bits per heavy atom. The van der Waals surface area contributed by atoms with Gasteiger partial charge >= 0.3 is 0 Å². The van der Waals surface area contributed by atoms with Gasteiger partial charge in [0.05, 0.1) is 0 Å². The molecule has 1 aliphatic rings. The van der Waals surface area contributed by atoms with E-state index in [1.54, 1.807) is 7.05 Å². The summed E-state index contributed by atoms with van der Waals surface area (Å²) in [6.45, 7) is 0.834. The second-order valence-corrected chi connectivity index (χ2v) is 2.15. The molecule has 0 bridgehead atoms. The zero-order valence-electron chi connectivity index (χ0n) is 5.63. The van der Waals surface area contributed by atoms with Crippen molar-refractivity contribution in [3.63, 3.8) is 0 Å². The van der Waals surface area contributed by atoms with Gasteiger partial charge in [0.1, 0.15) is 11.9 Å². The Balaban J connectivity index is 2.42. The van der Waals surface area contributed by atoms with Crippen LogP contribution >= 0.6 is 0 Å². The third-order valence-corrected chi connectivity index (χ3v) is 1.52. The highest BCUT2D eigenvalue weighted by Gasteiger charge is 2.17. The van der Waals surface area contributed by atoms with E-state index >= 15 is 0 Å². The zero-order valence-corrected chi connectivity index (χ0v) is 5.63. The molecular weight excluding hydrogens is 116 g/mol. The van der Waals surface area contributed by atoms with Crippen molar-refractivity contribution in [2.24, 2.45) is 10.7 Å². The van der Waals surface area contributed by atoms with Gasteiger partial charge in [-0.2, -0.15) is 0 Å². The number of rotatable bonds is 1. The first-order chi connectivity index (χ1) is 4.34. The van der Waals surface area contributed by atoms with Gasteiger partial charge in [-0.25, -0.2) is 0 Å². The Labute approximate surface area is 54.9 Å². The van der Waals surface area contributed by atoms with Crippen LogP contribution in [0.1, 0.15) is 12.8 Å². The highest BCUT2D eigenvalue weighted by Crippen LogP contribution is 2.11. The number of hydrogen-bond acceptors (Lipinski definition) is 2. The Morgan fingerprint density at radius 1 is 1.78 bits per heavy atom. The predicted molar refractivity (Wildman–Crippen MR) is 36.5 cm³/mol. The van der Waals surface area contributed by atoms with Gasteiger partial charge < -0.3 is 10.5 Å². The minimum Gasteiger partial charge on any atom is -0.385 e. The molecule has 0 aliphatic carbocycles. The van der Waals surface area contributed by atoms with E-state index in [9.17, 15) is 0 Å². The molecule has 3 heteroatoms. The van der Waals surface area contributed by atoms with E-state index in [1.807, 2.05) is 0 Å². The van der Waals surface area contributed by atoms with E-state index < -0.39 is 0 Å². The van der Waals surface area contributed by atoms with Crippen LogP contribution in [0.25, 0.3) is 0 Å². The normalized spacial score (nSPS) is 29.0. The summed E-state index contributed by atoms with van der Waals surface area (Å²) in [4.78, 5) is 3.84. The van der Waals surface area contributed by atoms with Crippen LogP contribution in [-0.4, -0.2) is 25.6 Å². The van der Waals surface area contributed by atoms with E-state index in [0.29, 0.717) is 5.84 Å². The molecule has 1 fully saturated rings. The second kappa shape index (κ2) is 2.82. The molecule has 1 unspecified atom stereocenters. The van der Waals surface area contributed by atoms with Gasteiger partial charge in [-0.3, -0.25) is 4.99 Å². The third kappa shape index (κ3) is 1.42. The van der Waals surface area contributed by atoms with Crippen molar-refractivity contribution in [3.8, 4) is 0 Å². The average molecular weight is 128 g/mol. The number of hydrogen-bond donors (Lipinski definition) is 1. The largest absolute Gasteiger partial charge is 0.385 e. The third-order valence-electron chi connectivity index (χ3n) is 1.52. The lowest BCUT2D eigenvalue weighted by atomic mass is 10.2. The van der Waals surface area contributed by atoms with Crippen LogP contribution in [0.3, 0.4) is 0 Å². The molecule has 0 aromatic carbocycles. The number of aliphatic imine (C=N–C) groups is 1. The maximum absolute atomic E-state index is 5.50. The highest BCUT2D eigenvalue weighted by atomic mass is 16.5. The summed E-state index contributed by atoms with van der Waals surface area (Å²) in [6, 6.07) is 0. The molecule has 1 saturated heterocycles. The van der Waals surface area contributed by atoms with E-state index in [-0.39, 0.29) is 6.10 Å². The maximum Gasteiger partial charge on any atom is 0.123 e. The molecule has 9 heavy (non-hydrogen) atoms. The van der Waals surface area contributed by atoms with E-state index in [1.165, 1.54) is 0 Å². The minimum absolute atomic E-state index is 0.106. The van der Waals surface area contributed by atoms with E-state index in [2.05, 4.69) is 4.99 Å². The standard InChI is InChI=1S/C6H12N2O/c1-8-6(7)5-3-2-4-9-5/h5H,2-4H2,1H3,(H2,7,8). The lowest BCUT2D eigenvalue weighted by Crippen LogP contribution is -2.27. The van der Waals surface area contributed by atoms with Gasteiger partial charge in [0.25, 0.3) is 0 Å². The fourth-order valence-electron chi connectivity index (χ4n) is 0.955. The first-order valence-electron chi connectivity index (χ1n) is 3.18. The molecule has 1 atom stereocenters. The monoisotopic (exact) mass is 128 g/mol. The summed E-state index contributed by atoms with van der Waals surface area (Å²) in [5.74, 6) is 0.632. The molecule has 0 saturated carbocycles. The minimum atomic E-state index is 0.106. The molecule has 0 aromatic rings. The van der Waals surface area contributed by atoms with Gasteiger partial charge in [0.2, 0.25) is 0 Å². The van der Waals surface area contributed by atoms with Gasteiger partial charge in [-0.1, -0.05) is 0 Å². The summed E-state index contributed by atoms with van der Waals surface area (Å²) in [5, 5.41) is 0. The molecule has 0 amide bonds. The van der Waals surface area contributed by atoms with Crippen LogP contribution < -0.4 is 5.73 Å². The van der Waals surface area contributed by atoms with Crippen LogP contribution in [-0.2, 0) is 4.74 Å². The Kier molecular flexibility index (Phi) is 2.05. The van der Waals surface area contributed by atoms with Crippen molar-refractivity contribution < 1.29 is 4.74 Å². The first-order valence-corrected chi connectivity index (χ1v) is 3.18. The van der Waals surface area contributed by atoms with Crippen LogP contribution in [0.2, 0.25) is 0 Å². The molecule has 1 rings (SSSR count). The average Bonchev–Trinajstić information content (AvgIpc) is 2.37. The summed E-state index contributed by atoms with van der Waals surface area (Å²) >= 11 is 0. The van der Waals surface area contributed by atoms with Crippen LogP contribution in [0, 0.1) is 0 Å². The molecule has 3 nitrogen and oxygen atoms in total. The molecular formula is C6H12N2O. The highest BCUT2D eigenvalue weighted by molar-refractivity contribution is 5.84. The van der Waals surface area contributed by atoms with Gasteiger partial charge in [0.15, 0.2) is 0 Å². The Hall–Kier alpha value is -0.570. The molecule has 0 spiro atoms. The van der Waals surface area contributed by atoms with Crippen molar-refractivity contribution >= 4 is 5.84 Å². The van der Waals surface area contributed by atoms with Crippen molar-refractivity contribution in [1.29, 1.82) is 0 Å². The fourth-order valence-corrected chi connectivity index (χ4v) is 0.955. The SMILES string of the molecule is CN=C(N)C1CCCO1. The molecule has 0 aromatic heterocycles. The topological polar surface area (TPSA) is 47.6 Å². The van der Waals surface area contributed by atoms with Crippen molar-refractivity contribution in [2.45, 2.75) is 18.9 Å². The summed E-state index contributed by atoms with van der Waals surface area (Å²) in [5.41, 5.74) is 5.50. The number of nitrogens with zero attached hydrogens (tertiary/aromatic N) is 1. The van der Waals surface area contributed by atoms with Crippen LogP contribution in [0.15, 0.2) is 4.99 Å². The molecule has 1 heterocycles. The summed E-state index contributed by atoms with van der Waals surface area (Å²) in [6.07, 6.45) is 2.25. The Morgan fingerprint density at radius 2 is 2.56 bits per heavy atom. The van der Waals surface area contributed by atoms with Crippen molar-refractivity contribution in [3.05, 3.63) is 0 Å². The first kappa shape index (κ1) is 6.55. The van der Waals surface area contributed by atoms with Crippen LogP contribution in [0.4, 0.5) is 0 Å². The predicted octanol–water partition coefficient (Wildman–Crippen LogP) is 0.152. The fraction of sp³-hybridized carbons (Fsp3) is 0.833. The molecule has 0 radical (unpaired) electrons.